The van der Waals surface area contributed by atoms with E-state index in [4.69, 9.17) is 5.11 Å². The molecule has 116 valence electrons. The van der Waals surface area contributed by atoms with E-state index in [1.807, 2.05) is 30.3 Å². The van der Waals surface area contributed by atoms with Gasteiger partial charge in [0.15, 0.2) is 0 Å². The molecular weight excluding hydrogens is 266 g/mol. The molecule has 0 aromatic heterocycles. The van der Waals surface area contributed by atoms with Crippen LogP contribution in [0.25, 0.3) is 0 Å². The van der Waals surface area contributed by atoms with Crippen LogP contribution in [0.2, 0.25) is 0 Å². The lowest BCUT2D eigenvalue weighted by Gasteiger charge is -2.23. The molecule has 3 atom stereocenters. The Morgan fingerprint density at radius 3 is 2.33 bits per heavy atom. The van der Waals surface area contributed by atoms with Crippen LogP contribution < -0.4 is 5.32 Å². The molecule has 0 aliphatic carbocycles. The highest BCUT2D eigenvalue weighted by molar-refractivity contribution is 5.84. The van der Waals surface area contributed by atoms with Crippen LogP contribution in [-0.4, -0.2) is 23.5 Å². The first kappa shape index (κ1) is 17.2. The van der Waals surface area contributed by atoms with Gasteiger partial charge in [0, 0.05) is 6.54 Å². The highest BCUT2D eigenvalue weighted by Crippen LogP contribution is 2.27. The predicted octanol–water partition coefficient (Wildman–Crippen LogP) is 3.04. The molecule has 21 heavy (non-hydrogen) atoms. The zero-order valence-electron chi connectivity index (χ0n) is 13.0. The summed E-state index contributed by atoms with van der Waals surface area (Å²) in [5, 5.41) is 11.7. The second kappa shape index (κ2) is 8.45. The van der Waals surface area contributed by atoms with E-state index < -0.39 is 11.9 Å². The molecule has 0 bridgehead atoms. The van der Waals surface area contributed by atoms with Crippen LogP contribution in [0.15, 0.2) is 30.3 Å². The molecule has 1 amide bonds. The Balaban J connectivity index is 2.67. The second-order valence-electron chi connectivity index (χ2n) is 5.59. The molecule has 0 spiro atoms. The smallest absolute Gasteiger partial charge is 0.306 e. The summed E-state index contributed by atoms with van der Waals surface area (Å²) in [7, 11) is 0. The number of amides is 1. The van der Waals surface area contributed by atoms with Gasteiger partial charge in [-0.05, 0) is 17.9 Å². The van der Waals surface area contributed by atoms with E-state index in [0.717, 1.165) is 12.0 Å². The van der Waals surface area contributed by atoms with Crippen LogP contribution in [0, 0.1) is 11.8 Å². The average Bonchev–Trinajstić information content (AvgIpc) is 2.48. The van der Waals surface area contributed by atoms with Gasteiger partial charge in [-0.1, -0.05) is 57.5 Å². The minimum atomic E-state index is -0.828. The number of rotatable bonds is 8. The number of carboxylic acid groups (broad SMARTS) is 1. The molecule has 0 saturated heterocycles. The zero-order valence-corrected chi connectivity index (χ0v) is 13.0. The fourth-order valence-electron chi connectivity index (χ4n) is 2.28. The van der Waals surface area contributed by atoms with E-state index in [-0.39, 0.29) is 17.7 Å². The molecular formula is C17H25NO3. The molecule has 0 heterocycles. The fraction of sp³-hybridized carbons (Fsp3) is 0.529. The summed E-state index contributed by atoms with van der Waals surface area (Å²) in [5.41, 5.74) is 1.01. The van der Waals surface area contributed by atoms with Crippen molar-refractivity contribution in [3.8, 4) is 0 Å². The first-order valence-electron chi connectivity index (χ1n) is 7.52. The number of nitrogens with one attached hydrogen (secondary N) is 1. The van der Waals surface area contributed by atoms with Gasteiger partial charge in [-0.3, -0.25) is 9.59 Å². The van der Waals surface area contributed by atoms with Gasteiger partial charge in [0.2, 0.25) is 5.91 Å². The van der Waals surface area contributed by atoms with Crippen molar-refractivity contribution < 1.29 is 14.7 Å². The highest BCUT2D eigenvalue weighted by Gasteiger charge is 2.25. The van der Waals surface area contributed by atoms with Gasteiger partial charge in [-0.15, -0.1) is 0 Å². The van der Waals surface area contributed by atoms with Crippen LogP contribution in [-0.2, 0) is 9.59 Å². The Kier molecular flexibility index (Phi) is 6.92. The number of carbonyl (C=O) groups is 2. The Labute approximate surface area is 126 Å². The van der Waals surface area contributed by atoms with Gasteiger partial charge in [0.05, 0.1) is 11.8 Å². The quantitative estimate of drug-likeness (QED) is 0.773. The van der Waals surface area contributed by atoms with Crippen molar-refractivity contribution in [3.63, 3.8) is 0 Å². The number of aliphatic carboxylic acids is 1. The monoisotopic (exact) mass is 291 g/mol. The van der Waals surface area contributed by atoms with Crippen LogP contribution in [0.4, 0.5) is 0 Å². The number of benzene rings is 1. The summed E-state index contributed by atoms with van der Waals surface area (Å²) >= 11 is 0. The van der Waals surface area contributed by atoms with Crippen molar-refractivity contribution in [2.24, 2.45) is 11.8 Å². The molecule has 0 saturated carbocycles. The number of hydrogen-bond donors (Lipinski definition) is 2. The van der Waals surface area contributed by atoms with E-state index in [9.17, 15) is 9.59 Å². The molecule has 0 fully saturated rings. The predicted molar refractivity (Wildman–Crippen MR) is 83.1 cm³/mol. The van der Waals surface area contributed by atoms with Crippen LogP contribution in [0.1, 0.15) is 45.1 Å². The second-order valence-corrected chi connectivity index (χ2v) is 5.59. The molecule has 0 aliphatic rings. The zero-order chi connectivity index (χ0) is 15.8. The van der Waals surface area contributed by atoms with Crippen LogP contribution in [0.3, 0.4) is 0 Å². The Bertz CT molecular complexity index is 458. The number of carbonyl (C=O) groups excluding carboxylic acids is 1. The maximum absolute atomic E-state index is 12.4. The third-order valence-electron chi connectivity index (χ3n) is 3.95. The van der Waals surface area contributed by atoms with Gasteiger partial charge in [-0.2, -0.15) is 0 Å². The Morgan fingerprint density at radius 2 is 1.81 bits per heavy atom. The molecule has 0 radical (unpaired) electrons. The third kappa shape index (κ3) is 5.21. The van der Waals surface area contributed by atoms with E-state index in [1.54, 1.807) is 6.92 Å². The number of hydrogen-bond acceptors (Lipinski definition) is 2. The minimum Gasteiger partial charge on any atom is -0.481 e. The molecule has 4 heteroatoms. The van der Waals surface area contributed by atoms with E-state index in [0.29, 0.717) is 13.0 Å². The standard InChI is InChI=1S/C17H25NO3/c1-4-12(2)15(14-8-6-5-7-9-14)16(19)18-11-10-13(3)17(20)21/h5-9,12-13,15H,4,10-11H2,1-3H3,(H,18,19)(H,20,21). The van der Waals surface area contributed by atoms with Crippen LogP contribution in [0.5, 0.6) is 0 Å². The van der Waals surface area contributed by atoms with Gasteiger partial charge in [-0.25, -0.2) is 0 Å². The topological polar surface area (TPSA) is 66.4 Å². The first-order valence-corrected chi connectivity index (χ1v) is 7.52. The molecule has 4 nitrogen and oxygen atoms in total. The lowest BCUT2D eigenvalue weighted by atomic mass is 9.85. The highest BCUT2D eigenvalue weighted by atomic mass is 16.4. The summed E-state index contributed by atoms with van der Waals surface area (Å²) in [6.45, 7) is 6.18. The lowest BCUT2D eigenvalue weighted by molar-refractivity contribution is -0.141. The molecule has 1 aromatic rings. The van der Waals surface area contributed by atoms with Gasteiger partial charge < -0.3 is 10.4 Å². The van der Waals surface area contributed by atoms with Gasteiger partial charge in [0.1, 0.15) is 0 Å². The van der Waals surface area contributed by atoms with Crippen molar-refractivity contribution in [1.82, 2.24) is 5.32 Å². The van der Waals surface area contributed by atoms with Gasteiger partial charge in [0.25, 0.3) is 0 Å². The van der Waals surface area contributed by atoms with Crippen LogP contribution >= 0.6 is 0 Å². The maximum atomic E-state index is 12.4. The van der Waals surface area contributed by atoms with Crippen molar-refractivity contribution in [2.45, 2.75) is 39.5 Å². The third-order valence-corrected chi connectivity index (χ3v) is 3.95. The average molecular weight is 291 g/mol. The van der Waals surface area contributed by atoms with E-state index in [2.05, 4.69) is 19.2 Å². The molecule has 3 unspecified atom stereocenters. The molecule has 0 aliphatic heterocycles. The SMILES string of the molecule is CCC(C)C(C(=O)NCCC(C)C(=O)O)c1ccccc1. The molecule has 1 rings (SSSR count). The lowest BCUT2D eigenvalue weighted by Crippen LogP contribution is -2.34. The molecule has 1 aromatic carbocycles. The van der Waals surface area contributed by atoms with Crippen molar-refractivity contribution in [3.05, 3.63) is 35.9 Å². The minimum absolute atomic E-state index is 0.0202. The molecule has 2 N–H and O–H groups in total. The Morgan fingerprint density at radius 1 is 1.19 bits per heavy atom. The summed E-state index contributed by atoms with van der Waals surface area (Å²) in [6.07, 6.45) is 1.36. The summed E-state index contributed by atoms with van der Waals surface area (Å²) in [5.74, 6) is -1.23. The number of carboxylic acids is 1. The van der Waals surface area contributed by atoms with Crippen molar-refractivity contribution in [2.75, 3.05) is 6.54 Å². The fourth-order valence-corrected chi connectivity index (χ4v) is 2.28. The normalized spacial score (nSPS) is 15.0. The van der Waals surface area contributed by atoms with Gasteiger partial charge >= 0.3 is 5.97 Å². The summed E-state index contributed by atoms with van der Waals surface area (Å²) in [6, 6.07) is 9.74. The van der Waals surface area contributed by atoms with Crippen molar-refractivity contribution >= 4 is 11.9 Å². The first-order chi connectivity index (χ1) is 9.97. The van der Waals surface area contributed by atoms with Crippen molar-refractivity contribution in [1.29, 1.82) is 0 Å². The van der Waals surface area contributed by atoms with E-state index in [1.165, 1.54) is 0 Å². The Hall–Kier alpha value is -1.84. The largest absolute Gasteiger partial charge is 0.481 e. The maximum Gasteiger partial charge on any atom is 0.306 e. The summed E-state index contributed by atoms with van der Waals surface area (Å²) in [4.78, 5) is 23.2. The summed E-state index contributed by atoms with van der Waals surface area (Å²) < 4.78 is 0. The van der Waals surface area contributed by atoms with E-state index >= 15 is 0 Å².